The predicted molar refractivity (Wildman–Crippen MR) is 57.1 cm³/mol. The van der Waals surface area contributed by atoms with Crippen LogP contribution in [0.4, 0.5) is 11.4 Å². The van der Waals surface area contributed by atoms with Crippen molar-refractivity contribution in [1.82, 2.24) is 0 Å². The van der Waals surface area contributed by atoms with Crippen LogP contribution in [-0.2, 0) is 0 Å². The van der Waals surface area contributed by atoms with Crippen LogP contribution < -0.4 is 22.0 Å². The summed E-state index contributed by atoms with van der Waals surface area (Å²) in [5.41, 5.74) is 1.14. The van der Waals surface area contributed by atoms with Crippen molar-refractivity contribution in [1.29, 1.82) is 5.39 Å². The number of hydrogen-bond acceptors (Lipinski definition) is 3. The lowest BCUT2D eigenvalue weighted by Gasteiger charge is -2.15. The number of anilines is 1. The van der Waals surface area contributed by atoms with Crippen LogP contribution >= 0.6 is 11.6 Å². The summed E-state index contributed by atoms with van der Waals surface area (Å²) in [6, 6.07) is 3.27. The van der Waals surface area contributed by atoms with Crippen molar-refractivity contribution in [2.45, 2.75) is 0 Å². The third-order valence-electron chi connectivity index (χ3n) is 1.84. The van der Waals surface area contributed by atoms with Gasteiger partial charge < -0.3 is 22.0 Å². The number of rotatable bonds is 2. The van der Waals surface area contributed by atoms with Crippen LogP contribution in [0.3, 0.4) is 0 Å². The lowest BCUT2D eigenvalue weighted by atomic mass is 10.2. The second kappa shape index (κ2) is 5.64. The Kier molecular flexibility index (Phi) is 5.20. The van der Waals surface area contributed by atoms with E-state index in [0.29, 0.717) is 16.5 Å². The van der Waals surface area contributed by atoms with E-state index in [1.165, 1.54) is 0 Å². The number of halogens is 2. The first-order valence-corrected chi connectivity index (χ1v) is 4.38. The molecule has 0 aliphatic rings. The van der Waals surface area contributed by atoms with E-state index < -0.39 is 0 Å². The molecule has 0 N–H and O–H groups in total. The number of diazo groups is 1. The first-order chi connectivity index (χ1) is 6.60. The quantitative estimate of drug-likeness (QED) is 0.686. The minimum absolute atomic E-state index is 0. The van der Waals surface area contributed by atoms with Gasteiger partial charge in [0.15, 0.2) is 4.98 Å². The Balaban J connectivity index is 0.00000196. The fourth-order valence-corrected chi connectivity index (χ4v) is 1.32. The molecule has 0 amide bonds. The SMILES string of the molecule is COc1cc([N+]#N)c(Cl)cc1N(C)C.[Cl-]. The van der Waals surface area contributed by atoms with Crippen LogP contribution in [0.1, 0.15) is 0 Å². The van der Waals surface area contributed by atoms with Gasteiger partial charge in [-0.1, -0.05) is 11.6 Å². The zero-order chi connectivity index (χ0) is 10.7. The monoisotopic (exact) mass is 247 g/mol. The van der Waals surface area contributed by atoms with Gasteiger partial charge in [-0.05, 0) is 6.07 Å². The highest BCUT2D eigenvalue weighted by atomic mass is 35.5. The molecule has 1 aromatic rings. The zero-order valence-corrected chi connectivity index (χ0v) is 10.2. The standard InChI is InChI=1S/C9H11ClN3O.ClH/c1-13(2)8-4-6(10)7(12-11)5-9(8)14-3;/h4-5H,1-3H3;1H/q+1;/p-1. The van der Waals surface area contributed by atoms with Gasteiger partial charge in [0.1, 0.15) is 10.8 Å². The van der Waals surface area contributed by atoms with E-state index in [0.717, 1.165) is 5.69 Å². The summed E-state index contributed by atoms with van der Waals surface area (Å²) in [6.07, 6.45) is 0. The van der Waals surface area contributed by atoms with E-state index in [4.69, 9.17) is 21.7 Å². The van der Waals surface area contributed by atoms with Gasteiger partial charge >= 0.3 is 5.69 Å². The molecule has 0 spiro atoms. The van der Waals surface area contributed by atoms with Gasteiger partial charge in [-0.15, -0.1) is 0 Å². The van der Waals surface area contributed by atoms with Crippen LogP contribution in [0.5, 0.6) is 5.75 Å². The average molecular weight is 248 g/mol. The average Bonchev–Trinajstić information content (AvgIpc) is 2.17. The summed E-state index contributed by atoms with van der Waals surface area (Å²) >= 11 is 5.87. The molecule has 0 atom stereocenters. The maximum atomic E-state index is 8.64. The van der Waals surface area contributed by atoms with Gasteiger partial charge in [0.2, 0.25) is 5.39 Å². The summed E-state index contributed by atoms with van der Waals surface area (Å²) in [6.45, 7) is 0. The van der Waals surface area contributed by atoms with Crippen LogP contribution in [-0.4, -0.2) is 21.2 Å². The van der Waals surface area contributed by atoms with Crippen molar-refractivity contribution >= 4 is 23.0 Å². The molecule has 0 radical (unpaired) electrons. The van der Waals surface area contributed by atoms with Crippen molar-refractivity contribution < 1.29 is 17.1 Å². The van der Waals surface area contributed by atoms with Crippen LogP contribution in [0.15, 0.2) is 12.1 Å². The van der Waals surface area contributed by atoms with Crippen LogP contribution in [0, 0.1) is 5.39 Å². The van der Waals surface area contributed by atoms with Crippen molar-refractivity contribution in [2.24, 2.45) is 0 Å². The molecular weight excluding hydrogens is 237 g/mol. The lowest BCUT2D eigenvalue weighted by molar-refractivity contribution is -0.00000339. The summed E-state index contributed by atoms with van der Waals surface area (Å²) in [4.78, 5) is 4.92. The number of hydrogen-bond donors (Lipinski definition) is 0. The Labute approximate surface area is 99.8 Å². The van der Waals surface area contributed by atoms with Gasteiger partial charge in [-0.25, -0.2) is 0 Å². The third kappa shape index (κ3) is 2.88. The Morgan fingerprint density at radius 2 is 2.00 bits per heavy atom. The zero-order valence-electron chi connectivity index (χ0n) is 8.66. The van der Waals surface area contributed by atoms with Crippen molar-refractivity contribution in [3.63, 3.8) is 0 Å². The molecule has 0 fully saturated rings. The van der Waals surface area contributed by atoms with Gasteiger partial charge in [-0.2, -0.15) is 0 Å². The van der Waals surface area contributed by atoms with E-state index in [9.17, 15) is 0 Å². The third-order valence-corrected chi connectivity index (χ3v) is 2.14. The molecule has 82 valence electrons. The molecule has 0 bridgehead atoms. The van der Waals surface area contributed by atoms with E-state index in [1.54, 1.807) is 19.2 Å². The molecule has 0 aromatic heterocycles. The maximum absolute atomic E-state index is 8.64. The highest BCUT2D eigenvalue weighted by Crippen LogP contribution is 2.37. The molecule has 0 saturated carbocycles. The molecule has 0 aliphatic heterocycles. The Morgan fingerprint density at radius 1 is 1.40 bits per heavy atom. The highest BCUT2D eigenvalue weighted by molar-refractivity contribution is 6.33. The van der Waals surface area contributed by atoms with Gasteiger partial charge in [-0.3, -0.25) is 0 Å². The smallest absolute Gasteiger partial charge is 0.407 e. The van der Waals surface area contributed by atoms with Gasteiger partial charge in [0.25, 0.3) is 0 Å². The van der Waals surface area contributed by atoms with Crippen LogP contribution in [0.2, 0.25) is 5.02 Å². The molecule has 0 unspecified atom stereocenters. The molecule has 1 aromatic carbocycles. The largest absolute Gasteiger partial charge is 1.00 e. The fourth-order valence-electron chi connectivity index (χ4n) is 1.12. The summed E-state index contributed by atoms with van der Waals surface area (Å²) < 4.78 is 5.13. The molecule has 0 aliphatic carbocycles. The van der Waals surface area contributed by atoms with E-state index in [-0.39, 0.29) is 12.4 Å². The number of ether oxygens (including phenoxy) is 1. The molecule has 4 nitrogen and oxygen atoms in total. The van der Waals surface area contributed by atoms with Crippen molar-refractivity contribution in [2.75, 3.05) is 26.1 Å². The van der Waals surface area contributed by atoms with E-state index in [2.05, 4.69) is 4.98 Å². The summed E-state index contributed by atoms with van der Waals surface area (Å²) in [7, 11) is 5.31. The maximum Gasteiger partial charge on any atom is 0.407 e. The first kappa shape index (κ1) is 13.8. The molecule has 0 heterocycles. The minimum Gasteiger partial charge on any atom is -1.00 e. The van der Waals surface area contributed by atoms with Crippen LogP contribution in [0.25, 0.3) is 4.98 Å². The Bertz CT molecular complexity index is 388. The topological polar surface area (TPSA) is 40.6 Å². The normalized spacial score (nSPS) is 8.73. The Morgan fingerprint density at radius 3 is 2.40 bits per heavy atom. The fraction of sp³-hybridized carbons (Fsp3) is 0.333. The van der Waals surface area contributed by atoms with Gasteiger partial charge in [0, 0.05) is 14.1 Å². The minimum atomic E-state index is 0. The molecule has 1 rings (SSSR count). The lowest BCUT2D eigenvalue weighted by Crippen LogP contribution is -3.00. The Hall–Kier alpha value is -1.18. The van der Waals surface area contributed by atoms with Gasteiger partial charge in [0.05, 0.1) is 18.9 Å². The number of methoxy groups -OCH3 is 1. The summed E-state index contributed by atoms with van der Waals surface area (Å²) in [5.74, 6) is 0.618. The number of nitrogens with zero attached hydrogens (tertiary/aromatic N) is 3. The summed E-state index contributed by atoms with van der Waals surface area (Å²) in [5, 5.41) is 9.03. The van der Waals surface area contributed by atoms with E-state index in [1.807, 2.05) is 19.0 Å². The second-order valence-corrected chi connectivity index (χ2v) is 3.38. The molecule has 15 heavy (non-hydrogen) atoms. The molecule has 6 heteroatoms. The highest BCUT2D eigenvalue weighted by Gasteiger charge is 2.18. The van der Waals surface area contributed by atoms with Crippen molar-refractivity contribution in [3.8, 4) is 5.75 Å². The second-order valence-electron chi connectivity index (χ2n) is 2.97. The first-order valence-electron chi connectivity index (χ1n) is 4.00. The molecule has 0 saturated heterocycles. The number of benzene rings is 1. The predicted octanol–water partition coefficient (Wildman–Crippen LogP) is -0.0968. The molecular formula is C9H11Cl2N3O. The van der Waals surface area contributed by atoms with E-state index >= 15 is 0 Å². The van der Waals surface area contributed by atoms with Crippen molar-refractivity contribution in [3.05, 3.63) is 22.1 Å².